The summed E-state index contributed by atoms with van der Waals surface area (Å²) in [7, 11) is 0. The van der Waals surface area contributed by atoms with Crippen molar-refractivity contribution in [1.29, 1.82) is 0 Å². The minimum Gasteiger partial charge on any atom is -0.402 e. The number of halogens is 1. The molecule has 1 aliphatic heterocycles. The molecule has 0 aromatic carbocycles. The maximum atomic E-state index is 13.1. The molecule has 0 amide bonds. The van der Waals surface area contributed by atoms with Crippen LogP contribution < -0.4 is 27.4 Å². The summed E-state index contributed by atoms with van der Waals surface area (Å²) in [4.78, 5) is 27.7. The van der Waals surface area contributed by atoms with Crippen LogP contribution in [0, 0.1) is 11.7 Å². The molecular weight excluding hydrogens is 401 g/mol. The Morgan fingerprint density at radius 2 is 2.06 bits per heavy atom. The number of nitrogens with one attached hydrogen (secondary N) is 1. The van der Waals surface area contributed by atoms with Crippen LogP contribution in [-0.4, -0.2) is 50.4 Å². The molecule has 0 saturated carbocycles. The third-order valence-corrected chi connectivity index (χ3v) is 4.72. The van der Waals surface area contributed by atoms with Gasteiger partial charge in [0.05, 0.1) is 18.4 Å². The highest BCUT2D eigenvalue weighted by molar-refractivity contribution is 5.93. The van der Waals surface area contributed by atoms with Crippen LogP contribution in [0.4, 0.5) is 22.2 Å². The van der Waals surface area contributed by atoms with Crippen molar-refractivity contribution in [3.63, 3.8) is 0 Å². The fourth-order valence-corrected chi connectivity index (χ4v) is 3.23. The summed E-state index contributed by atoms with van der Waals surface area (Å²) in [6, 6.07) is -0.380. The molecular formula is C19H28FN11. The van der Waals surface area contributed by atoms with E-state index in [1.165, 1.54) is 6.08 Å². The van der Waals surface area contributed by atoms with Gasteiger partial charge in [0.2, 0.25) is 11.9 Å². The Labute approximate surface area is 180 Å². The summed E-state index contributed by atoms with van der Waals surface area (Å²) < 4.78 is 13.1. The number of nitrogens with zero attached hydrogens (tertiary/aromatic N) is 7. The van der Waals surface area contributed by atoms with E-state index >= 15 is 0 Å². The Kier molecular flexibility index (Phi) is 7.23. The second kappa shape index (κ2) is 10.1. The molecule has 0 aliphatic carbocycles. The molecule has 1 saturated heterocycles. The Morgan fingerprint density at radius 1 is 1.32 bits per heavy atom. The maximum absolute atomic E-state index is 13.1. The van der Waals surface area contributed by atoms with Gasteiger partial charge in [0.25, 0.3) is 5.95 Å². The van der Waals surface area contributed by atoms with Crippen molar-refractivity contribution in [3.05, 3.63) is 35.8 Å². The predicted octanol–water partition coefficient (Wildman–Crippen LogP) is 1.00. The average molecular weight is 430 g/mol. The molecule has 1 fully saturated rings. The lowest BCUT2D eigenvalue weighted by Gasteiger charge is -2.32. The monoisotopic (exact) mass is 429 g/mol. The van der Waals surface area contributed by atoms with Crippen molar-refractivity contribution >= 4 is 23.7 Å². The van der Waals surface area contributed by atoms with E-state index in [0.29, 0.717) is 29.9 Å². The van der Waals surface area contributed by atoms with Crippen LogP contribution in [0.3, 0.4) is 0 Å². The standard InChI is InChI=1S/C19H28FN11/c1-11(22)6-15(23)27-18-28-17(26-12(2)16-24-8-14(20)9-25-16)29-19(30-18)31-5-3-4-13(7-21)10-31/h6,8-9,12-13H,3-5,7,10,21-22H2,1-2H3,(H3,23,26,27,28,29,30)/b11-6-/t12?,13-/m1/s1. The summed E-state index contributed by atoms with van der Waals surface area (Å²) >= 11 is 0. The molecule has 7 N–H and O–H groups in total. The average Bonchev–Trinajstić information content (AvgIpc) is 2.73. The zero-order valence-corrected chi connectivity index (χ0v) is 17.7. The van der Waals surface area contributed by atoms with Crippen molar-refractivity contribution in [1.82, 2.24) is 24.9 Å². The fourth-order valence-electron chi connectivity index (χ4n) is 3.23. The van der Waals surface area contributed by atoms with Crippen LogP contribution in [0.2, 0.25) is 0 Å². The summed E-state index contributed by atoms with van der Waals surface area (Å²) in [6.07, 6.45) is 5.80. The van der Waals surface area contributed by atoms with Gasteiger partial charge in [-0.05, 0) is 45.2 Å². The largest absolute Gasteiger partial charge is 0.402 e. The van der Waals surface area contributed by atoms with E-state index in [4.69, 9.17) is 17.2 Å². The molecule has 166 valence electrons. The van der Waals surface area contributed by atoms with Crippen molar-refractivity contribution in [2.45, 2.75) is 32.7 Å². The van der Waals surface area contributed by atoms with Gasteiger partial charge in [-0.15, -0.1) is 0 Å². The van der Waals surface area contributed by atoms with E-state index in [-0.39, 0.29) is 23.8 Å². The second-order valence-corrected chi connectivity index (χ2v) is 7.50. The Bertz CT molecular complexity index is 940. The number of anilines is 2. The van der Waals surface area contributed by atoms with Gasteiger partial charge in [-0.3, -0.25) is 0 Å². The van der Waals surface area contributed by atoms with Gasteiger partial charge >= 0.3 is 0 Å². The zero-order chi connectivity index (χ0) is 22.4. The lowest BCUT2D eigenvalue weighted by atomic mass is 9.99. The van der Waals surface area contributed by atoms with Crippen LogP contribution >= 0.6 is 0 Å². The van der Waals surface area contributed by atoms with Crippen molar-refractivity contribution < 1.29 is 4.39 Å². The number of aromatic nitrogens is 5. The molecule has 11 nitrogen and oxygen atoms in total. The third kappa shape index (κ3) is 6.28. The van der Waals surface area contributed by atoms with E-state index in [9.17, 15) is 4.39 Å². The molecule has 3 heterocycles. The summed E-state index contributed by atoms with van der Waals surface area (Å²) in [6.45, 7) is 5.68. The molecule has 0 bridgehead atoms. The van der Waals surface area contributed by atoms with Gasteiger partial charge in [-0.25, -0.2) is 14.4 Å². The minimum atomic E-state index is -0.506. The van der Waals surface area contributed by atoms with Crippen molar-refractivity contribution in [2.75, 3.05) is 29.9 Å². The molecule has 2 atom stereocenters. The number of nitrogens with two attached hydrogens (primary N) is 3. The number of piperidine rings is 1. The number of hydrogen-bond acceptors (Lipinski definition) is 10. The minimum absolute atomic E-state index is 0.143. The van der Waals surface area contributed by atoms with Crippen LogP contribution in [-0.2, 0) is 0 Å². The number of hydrogen-bond donors (Lipinski definition) is 4. The molecule has 0 radical (unpaired) electrons. The molecule has 2 aromatic heterocycles. The predicted molar refractivity (Wildman–Crippen MR) is 117 cm³/mol. The van der Waals surface area contributed by atoms with E-state index in [1.54, 1.807) is 6.92 Å². The van der Waals surface area contributed by atoms with Gasteiger partial charge in [0, 0.05) is 18.8 Å². The lowest BCUT2D eigenvalue weighted by molar-refractivity contribution is 0.419. The number of allylic oxidation sites excluding steroid dienone is 1. The van der Waals surface area contributed by atoms with Gasteiger partial charge in [0.1, 0.15) is 11.7 Å². The summed E-state index contributed by atoms with van der Waals surface area (Å²) in [5, 5.41) is 3.13. The maximum Gasteiger partial charge on any atom is 0.257 e. The van der Waals surface area contributed by atoms with Gasteiger partial charge < -0.3 is 27.4 Å². The molecule has 1 unspecified atom stereocenters. The molecule has 2 aromatic rings. The fraction of sp³-hybridized carbons (Fsp3) is 0.474. The third-order valence-electron chi connectivity index (χ3n) is 4.72. The first-order valence-corrected chi connectivity index (χ1v) is 10.1. The van der Waals surface area contributed by atoms with E-state index in [0.717, 1.165) is 38.3 Å². The van der Waals surface area contributed by atoms with E-state index < -0.39 is 5.82 Å². The zero-order valence-electron chi connectivity index (χ0n) is 17.7. The molecule has 1 aliphatic rings. The Morgan fingerprint density at radius 3 is 2.74 bits per heavy atom. The lowest BCUT2D eigenvalue weighted by Crippen LogP contribution is -2.39. The van der Waals surface area contributed by atoms with Crippen LogP contribution in [0.5, 0.6) is 0 Å². The SMILES string of the molecule is C/C(N)=C/C(N)=N\c1nc(NC(C)c2ncc(F)cn2)nc(N2CCC[C@H](CN)C2)n1. The molecule has 31 heavy (non-hydrogen) atoms. The van der Waals surface area contributed by atoms with E-state index in [1.807, 2.05) is 6.92 Å². The quantitative estimate of drug-likeness (QED) is 0.368. The van der Waals surface area contributed by atoms with Crippen molar-refractivity contribution in [3.8, 4) is 0 Å². The van der Waals surface area contributed by atoms with Crippen LogP contribution in [0.1, 0.15) is 38.6 Å². The first-order valence-electron chi connectivity index (χ1n) is 10.1. The van der Waals surface area contributed by atoms with Crippen LogP contribution in [0.15, 0.2) is 29.2 Å². The highest BCUT2D eigenvalue weighted by Gasteiger charge is 2.22. The second-order valence-electron chi connectivity index (χ2n) is 7.50. The summed E-state index contributed by atoms with van der Waals surface area (Å²) in [5.41, 5.74) is 18.0. The number of rotatable bonds is 7. The number of amidine groups is 1. The smallest absolute Gasteiger partial charge is 0.257 e. The van der Waals surface area contributed by atoms with Crippen molar-refractivity contribution in [2.24, 2.45) is 28.1 Å². The molecule has 12 heteroatoms. The van der Waals surface area contributed by atoms with Gasteiger partial charge in [-0.2, -0.15) is 19.9 Å². The summed E-state index contributed by atoms with van der Waals surface area (Å²) in [5.74, 6) is 1.33. The van der Waals surface area contributed by atoms with Crippen LogP contribution in [0.25, 0.3) is 0 Å². The highest BCUT2D eigenvalue weighted by atomic mass is 19.1. The van der Waals surface area contributed by atoms with Gasteiger partial charge in [0.15, 0.2) is 5.82 Å². The molecule has 3 rings (SSSR count). The first-order chi connectivity index (χ1) is 14.8. The first kappa shape index (κ1) is 22.3. The molecule has 0 spiro atoms. The Balaban J connectivity index is 1.92. The van der Waals surface area contributed by atoms with E-state index in [2.05, 4.69) is 40.1 Å². The number of aliphatic imine (C=N–C) groups is 1. The normalized spacial score (nSPS) is 18.7. The highest BCUT2D eigenvalue weighted by Crippen LogP contribution is 2.23. The van der Waals surface area contributed by atoms with Gasteiger partial charge in [-0.1, -0.05) is 0 Å². The Hall–Kier alpha value is -3.41. The topological polar surface area (TPSA) is 170 Å².